The van der Waals surface area contributed by atoms with E-state index >= 15 is 0 Å². The standard InChI is InChI=1S/C22H17ClFN3O2/c1-13(28)27-12-16-9-18(24)22(15-5-8-21(29-2)25-11-15)26-19(16)7-4-14-3-6-17(23)10-20(14)27/h3-11H,12H2,1-2H3. The Hall–Kier alpha value is -3.25. The van der Waals surface area contributed by atoms with Crippen molar-refractivity contribution >= 4 is 35.3 Å². The molecule has 7 heteroatoms. The molecule has 1 aromatic carbocycles. The van der Waals surface area contributed by atoms with Gasteiger partial charge in [0.25, 0.3) is 0 Å². The van der Waals surface area contributed by atoms with E-state index in [1.165, 1.54) is 26.3 Å². The van der Waals surface area contributed by atoms with E-state index in [1.54, 1.807) is 29.2 Å². The molecule has 5 nitrogen and oxygen atoms in total. The van der Waals surface area contributed by atoms with Crippen LogP contribution in [0.25, 0.3) is 23.4 Å². The predicted octanol–water partition coefficient (Wildman–Crippen LogP) is 4.98. The molecular weight excluding hydrogens is 393 g/mol. The molecule has 1 amide bonds. The van der Waals surface area contributed by atoms with Crippen LogP contribution in [-0.4, -0.2) is 23.0 Å². The summed E-state index contributed by atoms with van der Waals surface area (Å²) >= 11 is 6.13. The number of anilines is 1. The van der Waals surface area contributed by atoms with Crippen LogP contribution in [0.3, 0.4) is 0 Å². The highest BCUT2D eigenvalue weighted by molar-refractivity contribution is 6.31. The smallest absolute Gasteiger partial charge is 0.224 e. The fraction of sp³-hybridized carbons (Fsp3) is 0.136. The van der Waals surface area contributed by atoms with Crippen LogP contribution < -0.4 is 9.64 Å². The van der Waals surface area contributed by atoms with Crippen molar-refractivity contribution in [2.24, 2.45) is 0 Å². The van der Waals surface area contributed by atoms with Gasteiger partial charge in [-0.3, -0.25) is 4.79 Å². The lowest BCUT2D eigenvalue weighted by Gasteiger charge is -2.26. The molecule has 0 atom stereocenters. The number of hydrogen-bond acceptors (Lipinski definition) is 4. The first-order valence-corrected chi connectivity index (χ1v) is 9.29. The number of carbonyl (C=O) groups is 1. The van der Waals surface area contributed by atoms with Crippen LogP contribution in [0.5, 0.6) is 5.88 Å². The molecule has 2 aromatic heterocycles. The zero-order chi connectivity index (χ0) is 20.5. The number of benzene rings is 1. The highest BCUT2D eigenvalue weighted by Gasteiger charge is 2.21. The van der Waals surface area contributed by atoms with E-state index in [9.17, 15) is 9.18 Å². The van der Waals surface area contributed by atoms with Crippen molar-refractivity contribution in [3.8, 4) is 17.1 Å². The van der Waals surface area contributed by atoms with Gasteiger partial charge in [0.15, 0.2) is 0 Å². The van der Waals surface area contributed by atoms with E-state index in [0.717, 1.165) is 5.56 Å². The van der Waals surface area contributed by atoms with Crippen LogP contribution in [0.2, 0.25) is 5.02 Å². The Morgan fingerprint density at radius 1 is 1.21 bits per heavy atom. The van der Waals surface area contributed by atoms with Gasteiger partial charge in [0.2, 0.25) is 11.8 Å². The number of fused-ring (bicyclic) bond motifs is 2. The molecule has 0 spiro atoms. The Morgan fingerprint density at radius 2 is 2.03 bits per heavy atom. The number of carbonyl (C=O) groups excluding carboxylic acids is 1. The first kappa shape index (κ1) is 19.1. The van der Waals surface area contributed by atoms with Crippen molar-refractivity contribution in [1.29, 1.82) is 0 Å². The van der Waals surface area contributed by atoms with Gasteiger partial charge in [-0.2, -0.15) is 0 Å². The second-order valence-corrected chi connectivity index (χ2v) is 7.03. The number of pyridine rings is 2. The number of nitrogens with zero attached hydrogens (tertiary/aromatic N) is 3. The van der Waals surface area contributed by atoms with E-state index in [1.807, 2.05) is 18.2 Å². The Kier molecular flexibility index (Phi) is 5.03. The number of hydrogen-bond donors (Lipinski definition) is 0. The van der Waals surface area contributed by atoms with Gasteiger partial charge in [0.05, 0.1) is 25.0 Å². The monoisotopic (exact) mass is 409 g/mol. The summed E-state index contributed by atoms with van der Waals surface area (Å²) in [6, 6.07) is 10.1. The Labute approximate surface area is 172 Å². The molecular formula is C22H17ClFN3O2. The molecule has 0 radical (unpaired) electrons. The highest BCUT2D eigenvalue weighted by atomic mass is 35.5. The van der Waals surface area contributed by atoms with Crippen molar-refractivity contribution in [3.05, 3.63) is 70.3 Å². The van der Waals surface area contributed by atoms with E-state index in [-0.39, 0.29) is 18.1 Å². The molecule has 0 unspecified atom stereocenters. The molecule has 0 N–H and O–H groups in total. The van der Waals surface area contributed by atoms with Crippen molar-refractivity contribution in [2.45, 2.75) is 13.5 Å². The van der Waals surface area contributed by atoms with Gasteiger partial charge < -0.3 is 9.64 Å². The summed E-state index contributed by atoms with van der Waals surface area (Å²) in [5.41, 5.74) is 3.42. The van der Waals surface area contributed by atoms with Gasteiger partial charge in [0.1, 0.15) is 11.5 Å². The lowest BCUT2D eigenvalue weighted by atomic mass is 10.0. The average molecular weight is 410 g/mol. The number of ether oxygens (including phenoxy) is 1. The summed E-state index contributed by atoms with van der Waals surface area (Å²) in [6.45, 7) is 1.66. The van der Waals surface area contributed by atoms with Crippen LogP contribution in [0.4, 0.5) is 10.1 Å². The van der Waals surface area contributed by atoms with Crippen LogP contribution in [-0.2, 0) is 11.3 Å². The Balaban J connectivity index is 1.84. The van der Waals surface area contributed by atoms with Gasteiger partial charge in [-0.15, -0.1) is 0 Å². The van der Waals surface area contributed by atoms with Gasteiger partial charge in [-0.25, -0.2) is 14.4 Å². The predicted molar refractivity (Wildman–Crippen MR) is 111 cm³/mol. The molecule has 0 bridgehead atoms. The van der Waals surface area contributed by atoms with Gasteiger partial charge in [-0.05, 0) is 35.9 Å². The minimum atomic E-state index is -0.487. The Bertz CT molecular complexity index is 1130. The van der Waals surface area contributed by atoms with Crippen molar-refractivity contribution in [2.75, 3.05) is 12.0 Å². The fourth-order valence-corrected chi connectivity index (χ4v) is 3.42. The zero-order valence-electron chi connectivity index (χ0n) is 15.8. The average Bonchev–Trinajstić information content (AvgIpc) is 2.70. The Morgan fingerprint density at radius 3 is 2.72 bits per heavy atom. The fourth-order valence-electron chi connectivity index (χ4n) is 3.25. The zero-order valence-corrected chi connectivity index (χ0v) is 16.6. The maximum atomic E-state index is 14.9. The minimum absolute atomic E-state index is 0.168. The number of amides is 1. The summed E-state index contributed by atoms with van der Waals surface area (Å²) in [4.78, 5) is 22.5. The molecule has 146 valence electrons. The van der Waals surface area contributed by atoms with Gasteiger partial charge >= 0.3 is 0 Å². The summed E-state index contributed by atoms with van der Waals surface area (Å²) < 4.78 is 19.9. The van der Waals surface area contributed by atoms with Crippen LogP contribution >= 0.6 is 11.6 Å². The second-order valence-electron chi connectivity index (χ2n) is 6.59. The van der Waals surface area contributed by atoms with Crippen molar-refractivity contribution in [1.82, 2.24) is 9.97 Å². The van der Waals surface area contributed by atoms with E-state index < -0.39 is 5.82 Å². The third-order valence-electron chi connectivity index (χ3n) is 4.72. The third-order valence-corrected chi connectivity index (χ3v) is 4.96. The molecule has 1 aliphatic heterocycles. The summed E-state index contributed by atoms with van der Waals surface area (Å²) in [5.74, 6) is -0.217. The lowest BCUT2D eigenvalue weighted by Crippen LogP contribution is -2.29. The highest BCUT2D eigenvalue weighted by Crippen LogP contribution is 2.32. The van der Waals surface area contributed by atoms with Crippen molar-refractivity contribution < 1.29 is 13.9 Å². The topological polar surface area (TPSA) is 55.3 Å². The molecule has 4 rings (SSSR count). The molecule has 1 aliphatic rings. The maximum absolute atomic E-state index is 14.9. The SMILES string of the molecule is COc1ccc(-c2nc3c(cc2F)CN(C(C)=O)c2cc(Cl)ccc2C=C3)cn1. The molecule has 3 heterocycles. The third kappa shape index (κ3) is 3.71. The van der Waals surface area contributed by atoms with Crippen molar-refractivity contribution in [3.63, 3.8) is 0 Å². The maximum Gasteiger partial charge on any atom is 0.224 e. The second kappa shape index (κ2) is 7.64. The van der Waals surface area contributed by atoms with Crippen LogP contribution in [0.1, 0.15) is 23.7 Å². The number of rotatable bonds is 2. The quantitative estimate of drug-likeness (QED) is 0.599. The molecule has 0 saturated heterocycles. The first-order valence-electron chi connectivity index (χ1n) is 8.92. The molecule has 0 saturated carbocycles. The molecule has 3 aromatic rings. The summed E-state index contributed by atoms with van der Waals surface area (Å²) in [6.07, 6.45) is 5.18. The van der Waals surface area contributed by atoms with E-state index in [2.05, 4.69) is 9.97 Å². The largest absolute Gasteiger partial charge is 0.481 e. The summed E-state index contributed by atoms with van der Waals surface area (Å²) in [7, 11) is 1.52. The molecule has 29 heavy (non-hydrogen) atoms. The molecule has 0 fully saturated rings. The van der Waals surface area contributed by atoms with Gasteiger partial charge in [-0.1, -0.05) is 23.7 Å². The van der Waals surface area contributed by atoms with E-state index in [4.69, 9.17) is 16.3 Å². The van der Waals surface area contributed by atoms with Crippen LogP contribution in [0.15, 0.2) is 42.6 Å². The first-order chi connectivity index (χ1) is 14.0. The van der Waals surface area contributed by atoms with E-state index in [0.29, 0.717) is 33.4 Å². The minimum Gasteiger partial charge on any atom is -0.481 e. The lowest BCUT2D eigenvalue weighted by molar-refractivity contribution is -0.116. The summed E-state index contributed by atoms with van der Waals surface area (Å²) in [5, 5.41) is 0.524. The van der Waals surface area contributed by atoms with Gasteiger partial charge in [0, 0.05) is 35.3 Å². The number of halogens is 2. The number of aromatic nitrogens is 2. The normalized spacial score (nSPS) is 12.6. The number of methoxy groups -OCH3 is 1. The van der Waals surface area contributed by atoms with Crippen LogP contribution in [0, 0.1) is 5.82 Å². The molecule has 0 aliphatic carbocycles.